The molecule has 0 aliphatic heterocycles. The molecule has 2 aromatic rings. The Hall–Kier alpha value is -1.88. The molecule has 0 atom stereocenters. The number of carbonyl (C=O) groups is 1. The molecule has 1 aliphatic rings. The molecule has 0 saturated heterocycles. The minimum Gasteiger partial charge on any atom is -0.478 e. The highest BCUT2D eigenvalue weighted by Crippen LogP contribution is 2.33. The summed E-state index contributed by atoms with van der Waals surface area (Å²) in [5.74, 6) is -0.950. The van der Waals surface area contributed by atoms with Crippen LogP contribution in [0.15, 0.2) is 28.1 Å². The second kappa shape index (κ2) is 5.48. The van der Waals surface area contributed by atoms with E-state index in [0.717, 1.165) is 17.7 Å². The van der Waals surface area contributed by atoms with Crippen molar-refractivity contribution in [1.29, 1.82) is 0 Å². The molecule has 0 saturated carbocycles. The van der Waals surface area contributed by atoms with Crippen molar-refractivity contribution in [3.63, 3.8) is 0 Å². The summed E-state index contributed by atoms with van der Waals surface area (Å²) < 4.78 is 0. The van der Waals surface area contributed by atoms with Crippen LogP contribution in [-0.2, 0) is 12.8 Å². The third-order valence-electron chi connectivity index (χ3n) is 3.92. The molecule has 0 bridgehead atoms. The van der Waals surface area contributed by atoms with Gasteiger partial charge in [0, 0.05) is 4.90 Å². The molecule has 3 rings (SSSR count). The van der Waals surface area contributed by atoms with Gasteiger partial charge in [0.05, 0.1) is 11.3 Å². The van der Waals surface area contributed by atoms with Crippen LogP contribution in [0.1, 0.15) is 39.2 Å². The van der Waals surface area contributed by atoms with Crippen molar-refractivity contribution in [2.24, 2.45) is 0 Å². The third kappa shape index (κ3) is 2.65. The van der Waals surface area contributed by atoms with Crippen LogP contribution in [0.5, 0.6) is 0 Å². The molecular weight excluding hydrogens is 284 g/mol. The van der Waals surface area contributed by atoms with Crippen molar-refractivity contribution in [2.45, 2.75) is 43.0 Å². The first-order valence-corrected chi connectivity index (χ1v) is 7.74. The smallest absolute Gasteiger partial charge is 0.338 e. The van der Waals surface area contributed by atoms with Crippen LogP contribution in [0.25, 0.3) is 0 Å². The molecule has 0 fully saturated rings. The summed E-state index contributed by atoms with van der Waals surface area (Å²) in [4.78, 5) is 12.5. The Morgan fingerprint density at radius 1 is 1.19 bits per heavy atom. The van der Waals surface area contributed by atoms with E-state index in [1.54, 1.807) is 13.8 Å². The Kier molecular flexibility index (Phi) is 3.68. The summed E-state index contributed by atoms with van der Waals surface area (Å²) in [6.45, 7) is 3.55. The summed E-state index contributed by atoms with van der Waals surface area (Å²) in [6, 6.07) is 6.33. The molecule has 0 spiro atoms. The molecule has 0 unspecified atom stereocenters. The molecule has 1 aromatic carbocycles. The van der Waals surface area contributed by atoms with Crippen LogP contribution < -0.4 is 0 Å². The van der Waals surface area contributed by atoms with Gasteiger partial charge in [-0.1, -0.05) is 17.8 Å². The summed E-state index contributed by atoms with van der Waals surface area (Å²) in [6.07, 6.45) is 3.45. The Labute approximate surface area is 127 Å². The van der Waals surface area contributed by atoms with Gasteiger partial charge in [-0.05, 0) is 61.9 Å². The second-order valence-corrected chi connectivity index (χ2v) is 6.34. The van der Waals surface area contributed by atoms with Crippen molar-refractivity contribution in [3.05, 3.63) is 46.1 Å². The molecule has 0 amide bonds. The molecule has 0 radical (unpaired) electrons. The molecule has 5 heteroatoms. The van der Waals surface area contributed by atoms with E-state index in [0.29, 0.717) is 16.3 Å². The van der Waals surface area contributed by atoms with Crippen LogP contribution in [-0.4, -0.2) is 21.3 Å². The zero-order chi connectivity index (χ0) is 15.0. The summed E-state index contributed by atoms with van der Waals surface area (Å²) in [5, 5.41) is 18.0. The van der Waals surface area contributed by atoms with Crippen molar-refractivity contribution in [2.75, 3.05) is 0 Å². The van der Waals surface area contributed by atoms with Crippen molar-refractivity contribution < 1.29 is 9.90 Å². The maximum Gasteiger partial charge on any atom is 0.338 e. The van der Waals surface area contributed by atoms with E-state index in [4.69, 9.17) is 0 Å². The lowest BCUT2D eigenvalue weighted by Crippen LogP contribution is -2.08. The van der Waals surface area contributed by atoms with Crippen LogP contribution in [0, 0.1) is 13.8 Å². The largest absolute Gasteiger partial charge is 0.478 e. The average molecular weight is 300 g/mol. The average Bonchev–Trinajstić information content (AvgIpc) is 2.90. The fourth-order valence-corrected chi connectivity index (χ4v) is 3.62. The first kappa shape index (κ1) is 14.1. The predicted octanol–water partition coefficient (Wildman–Crippen LogP) is 3.43. The molecule has 1 heterocycles. The normalized spacial score (nSPS) is 13.2. The van der Waals surface area contributed by atoms with Crippen LogP contribution in [0.4, 0.5) is 0 Å². The van der Waals surface area contributed by atoms with E-state index in [1.165, 1.54) is 29.3 Å². The van der Waals surface area contributed by atoms with Gasteiger partial charge in [-0.25, -0.2) is 4.79 Å². The number of nitrogens with zero attached hydrogens (tertiary/aromatic N) is 2. The van der Waals surface area contributed by atoms with Gasteiger partial charge >= 0.3 is 5.97 Å². The Bertz CT molecular complexity index is 728. The number of aromatic carboxylic acids is 1. The monoisotopic (exact) mass is 300 g/mol. The molecule has 1 aliphatic carbocycles. The Morgan fingerprint density at radius 2 is 1.95 bits per heavy atom. The maximum absolute atomic E-state index is 11.5. The number of aromatic nitrogens is 2. The standard InChI is InChI=1S/C16H16N2O2S/c1-9-10(2)17-18-15(14(9)16(19)20)21-13-7-6-11-4-3-5-12(11)8-13/h6-8H,3-5H2,1-2H3,(H,19,20). The van der Waals surface area contributed by atoms with E-state index in [9.17, 15) is 9.90 Å². The zero-order valence-corrected chi connectivity index (χ0v) is 12.8. The number of benzene rings is 1. The first-order valence-electron chi connectivity index (χ1n) is 6.93. The number of aryl methyl sites for hydroxylation is 3. The highest BCUT2D eigenvalue weighted by Gasteiger charge is 2.19. The second-order valence-electron chi connectivity index (χ2n) is 5.28. The minimum absolute atomic E-state index is 0.257. The molecule has 1 N–H and O–H groups in total. The molecule has 1 aromatic heterocycles. The summed E-state index contributed by atoms with van der Waals surface area (Å²) >= 11 is 1.38. The van der Waals surface area contributed by atoms with Crippen LogP contribution in [0.2, 0.25) is 0 Å². The fourth-order valence-electron chi connectivity index (χ4n) is 2.63. The molecule has 108 valence electrons. The Balaban J connectivity index is 1.98. The van der Waals surface area contributed by atoms with Crippen molar-refractivity contribution >= 4 is 17.7 Å². The fraction of sp³-hybridized carbons (Fsp3) is 0.312. The lowest BCUT2D eigenvalue weighted by molar-refractivity contribution is 0.0690. The predicted molar refractivity (Wildman–Crippen MR) is 81.1 cm³/mol. The van der Waals surface area contributed by atoms with Gasteiger partial charge in [0.15, 0.2) is 0 Å². The van der Waals surface area contributed by atoms with Gasteiger partial charge in [0.2, 0.25) is 0 Å². The van der Waals surface area contributed by atoms with Gasteiger partial charge < -0.3 is 5.11 Å². The number of hydrogen-bond acceptors (Lipinski definition) is 4. The van der Waals surface area contributed by atoms with Crippen molar-refractivity contribution in [1.82, 2.24) is 10.2 Å². The topological polar surface area (TPSA) is 63.1 Å². The van der Waals surface area contributed by atoms with Crippen molar-refractivity contribution in [3.8, 4) is 0 Å². The lowest BCUT2D eigenvalue weighted by atomic mass is 10.1. The van der Waals surface area contributed by atoms with Gasteiger partial charge in [-0.3, -0.25) is 0 Å². The molecule has 21 heavy (non-hydrogen) atoms. The van der Waals surface area contributed by atoms with E-state index < -0.39 is 5.97 Å². The van der Waals surface area contributed by atoms with Crippen LogP contribution >= 0.6 is 11.8 Å². The lowest BCUT2D eigenvalue weighted by Gasteiger charge is -2.09. The number of carboxylic acids is 1. The molecular formula is C16H16N2O2S. The quantitative estimate of drug-likeness (QED) is 0.941. The van der Waals surface area contributed by atoms with E-state index in [2.05, 4.69) is 22.3 Å². The number of hydrogen-bond donors (Lipinski definition) is 1. The van der Waals surface area contributed by atoms with Crippen LogP contribution in [0.3, 0.4) is 0 Å². The first-order chi connectivity index (χ1) is 10.1. The van der Waals surface area contributed by atoms with Gasteiger partial charge in [-0.2, -0.15) is 5.10 Å². The number of fused-ring (bicyclic) bond motifs is 1. The summed E-state index contributed by atoms with van der Waals surface area (Å²) in [7, 11) is 0. The SMILES string of the molecule is Cc1nnc(Sc2ccc3c(c2)CCC3)c(C(=O)O)c1C. The van der Waals surface area contributed by atoms with Gasteiger partial charge in [-0.15, -0.1) is 5.10 Å². The molecule has 4 nitrogen and oxygen atoms in total. The minimum atomic E-state index is -0.950. The van der Waals surface area contributed by atoms with E-state index in [1.807, 2.05) is 6.07 Å². The highest BCUT2D eigenvalue weighted by atomic mass is 32.2. The van der Waals surface area contributed by atoms with Gasteiger partial charge in [0.25, 0.3) is 0 Å². The Morgan fingerprint density at radius 3 is 2.71 bits per heavy atom. The summed E-state index contributed by atoms with van der Waals surface area (Å²) in [5.41, 5.74) is 4.37. The number of rotatable bonds is 3. The zero-order valence-electron chi connectivity index (χ0n) is 12.0. The third-order valence-corrected chi connectivity index (χ3v) is 4.89. The number of carboxylic acid groups (broad SMARTS) is 1. The van der Waals surface area contributed by atoms with E-state index >= 15 is 0 Å². The highest BCUT2D eigenvalue weighted by molar-refractivity contribution is 7.99. The maximum atomic E-state index is 11.5. The van der Waals surface area contributed by atoms with Gasteiger partial charge in [0.1, 0.15) is 5.03 Å². The van der Waals surface area contributed by atoms with E-state index in [-0.39, 0.29) is 5.56 Å².